The number of nitrogens with one attached hydrogen (secondary N) is 2. The molecule has 3 aromatic heterocycles. The highest BCUT2D eigenvalue weighted by molar-refractivity contribution is 6.30. The molecule has 156 valence electrons. The third-order valence-corrected chi connectivity index (χ3v) is 6.01. The van der Waals surface area contributed by atoms with Crippen LogP contribution in [0.4, 0.5) is 0 Å². The van der Waals surface area contributed by atoms with Gasteiger partial charge in [0.15, 0.2) is 0 Å². The Bertz CT molecular complexity index is 1240. The summed E-state index contributed by atoms with van der Waals surface area (Å²) in [6, 6.07) is 17.9. The lowest BCUT2D eigenvalue weighted by Gasteiger charge is -2.20. The molecule has 1 fully saturated rings. The Morgan fingerprint density at radius 1 is 1.00 bits per heavy atom. The summed E-state index contributed by atoms with van der Waals surface area (Å²) in [6.45, 7) is 4.94. The molecule has 1 aromatic carbocycles. The summed E-state index contributed by atoms with van der Waals surface area (Å²) in [4.78, 5) is 10.6. The molecule has 4 aromatic rings. The summed E-state index contributed by atoms with van der Waals surface area (Å²) in [7, 11) is 0. The summed E-state index contributed by atoms with van der Waals surface area (Å²) in [5.41, 5.74) is 6.61. The second-order valence-electron chi connectivity index (χ2n) is 7.84. The molecule has 2 N–H and O–H groups in total. The van der Waals surface area contributed by atoms with Crippen LogP contribution >= 0.6 is 11.6 Å². The minimum Gasteiger partial charge on any atom is -0.346 e. The minimum absolute atomic E-state index is 0.555. The fraction of sp³-hybridized carbons (Fsp3) is 0.250. The van der Waals surface area contributed by atoms with E-state index in [9.17, 15) is 0 Å². The fourth-order valence-corrected chi connectivity index (χ4v) is 4.27. The number of pyridine rings is 1. The van der Waals surface area contributed by atoms with E-state index < -0.39 is 0 Å². The van der Waals surface area contributed by atoms with Gasteiger partial charge in [0.25, 0.3) is 0 Å². The number of halogens is 1. The maximum Gasteiger partial charge on any atom is 0.137 e. The van der Waals surface area contributed by atoms with E-state index in [1.54, 1.807) is 6.07 Å². The second kappa shape index (κ2) is 8.56. The van der Waals surface area contributed by atoms with Crippen LogP contribution in [0.5, 0.6) is 0 Å². The first-order chi connectivity index (χ1) is 15.2. The van der Waals surface area contributed by atoms with Crippen molar-refractivity contribution in [1.82, 2.24) is 24.6 Å². The number of rotatable bonds is 4. The maximum absolute atomic E-state index is 9.15. The second-order valence-corrected chi connectivity index (χ2v) is 8.27. The van der Waals surface area contributed by atoms with Crippen molar-refractivity contribution in [2.75, 3.05) is 26.2 Å². The maximum atomic E-state index is 9.15. The standard InChI is InChI=1S/C24H23ClN6/c25-19-5-2-17(3-6-19)24-22(16-30-12-1-10-27-11-13-30)31-15-18(4-9-23(31)29-24)21-8-7-20(14-26)28-21/h2-9,15,27-28H,1,10-13,16H2. The summed E-state index contributed by atoms with van der Waals surface area (Å²) in [5, 5.41) is 13.3. The number of nitrogens with zero attached hydrogens (tertiary/aromatic N) is 4. The van der Waals surface area contributed by atoms with Gasteiger partial charge in [0.1, 0.15) is 17.4 Å². The van der Waals surface area contributed by atoms with Crippen molar-refractivity contribution in [2.24, 2.45) is 0 Å². The number of aromatic nitrogens is 3. The number of fused-ring (bicyclic) bond motifs is 1. The third kappa shape index (κ3) is 4.08. The van der Waals surface area contributed by atoms with Gasteiger partial charge in [0, 0.05) is 47.7 Å². The Labute approximate surface area is 186 Å². The van der Waals surface area contributed by atoms with Gasteiger partial charge in [0.05, 0.1) is 11.4 Å². The predicted octanol–water partition coefficient (Wildman–Crippen LogP) is 4.32. The number of benzene rings is 1. The fourth-order valence-electron chi connectivity index (χ4n) is 4.14. The van der Waals surface area contributed by atoms with Gasteiger partial charge in [-0.15, -0.1) is 0 Å². The number of imidazole rings is 1. The van der Waals surface area contributed by atoms with Crippen LogP contribution in [0.15, 0.2) is 54.7 Å². The Hall–Kier alpha value is -3.11. The monoisotopic (exact) mass is 430 g/mol. The highest BCUT2D eigenvalue weighted by Crippen LogP contribution is 2.29. The van der Waals surface area contributed by atoms with Crippen molar-refractivity contribution in [3.8, 4) is 28.6 Å². The molecule has 0 atom stereocenters. The van der Waals surface area contributed by atoms with Gasteiger partial charge >= 0.3 is 0 Å². The molecule has 0 saturated carbocycles. The van der Waals surface area contributed by atoms with E-state index in [1.807, 2.05) is 42.5 Å². The lowest BCUT2D eigenvalue weighted by Crippen LogP contribution is -2.28. The molecule has 5 rings (SSSR count). The molecule has 1 aliphatic rings. The Morgan fingerprint density at radius 3 is 2.65 bits per heavy atom. The van der Waals surface area contributed by atoms with Crippen LogP contribution in [0.2, 0.25) is 5.02 Å². The first-order valence-electron chi connectivity index (χ1n) is 10.5. The molecule has 4 heterocycles. The zero-order valence-corrected chi connectivity index (χ0v) is 17.9. The van der Waals surface area contributed by atoms with Crippen LogP contribution in [-0.2, 0) is 6.54 Å². The van der Waals surface area contributed by atoms with Crippen LogP contribution in [0.25, 0.3) is 28.2 Å². The van der Waals surface area contributed by atoms with Crippen LogP contribution in [0.1, 0.15) is 17.8 Å². The highest BCUT2D eigenvalue weighted by Gasteiger charge is 2.19. The molecule has 0 spiro atoms. The zero-order chi connectivity index (χ0) is 21.2. The Balaban J connectivity index is 1.62. The van der Waals surface area contributed by atoms with Crippen LogP contribution in [0, 0.1) is 11.3 Å². The number of hydrogen-bond donors (Lipinski definition) is 2. The van der Waals surface area contributed by atoms with Gasteiger partial charge in [-0.3, -0.25) is 4.90 Å². The molecule has 7 heteroatoms. The first kappa shape index (κ1) is 19.8. The quantitative estimate of drug-likeness (QED) is 0.506. The van der Waals surface area contributed by atoms with Gasteiger partial charge in [-0.2, -0.15) is 5.26 Å². The minimum atomic E-state index is 0.555. The summed E-state index contributed by atoms with van der Waals surface area (Å²) >= 11 is 6.13. The van der Waals surface area contributed by atoms with Crippen LogP contribution in [0.3, 0.4) is 0 Å². The van der Waals surface area contributed by atoms with Gasteiger partial charge in [-0.25, -0.2) is 4.98 Å². The van der Waals surface area contributed by atoms with Gasteiger partial charge in [-0.1, -0.05) is 23.7 Å². The van der Waals surface area contributed by atoms with Crippen molar-refractivity contribution in [1.29, 1.82) is 5.26 Å². The molecule has 6 nitrogen and oxygen atoms in total. The SMILES string of the molecule is N#Cc1ccc(-c2ccc3nc(-c4ccc(Cl)cc4)c(CN4CCCNCC4)n3c2)[nH]1. The summed E-state index contributed by atoms with van der Waals surface area (Å²) < 4.78 is 2.19. The lowest BCUT2D eigenvalue weighted by atomic mass is 10.1. The van der Waals surface area contributed by atoms with Gasteiger partial charge < -0.3 is 14.7 Å². The largest absolute Gasteiger partial charge is 0.346 e. The van der Waals surface area contributed by atoms with E-state index in [1.165, 1.54) is 0 Å². The Morgan fingerprint density at radius 2 is 1.84 bits per heavy atom. The molecular weight excluding hydrogens is 408 g/mol. The van der Waals surface area contributed by atoms with Crippen LogP contribution < -0.4 is 5.32 Å². The first-order valence-corrected chi connectivity index (χ1v) is 10.9. The number of aromatic amines is 1. The predicted molar refractivity (Wildman–Crippen MR) is 123 cm³/mol. The van der Waals surface area contributed by atoms with E-state index in [-0.39, 0.29) is 0 Å². The number of H-pyrrole nitrogens is 1. The van der Waals surface area contributed by atoms with E-state index in [0.29, 0.717) is 5.69 Å². The Kier molecular flexibility index (Phi) is 5.47. The number of hydrogen-bond acceptors (Lipinski definition) is 4. The van der Waals surface area contributed by atoms with Crippen molar-refractivity contribution >= 4 is 17.2 Å². The topological polar surface area (TPSA) is 72.2 Å². The average Bonchev–Trinajstić information content (AvgIpc) is 3.32. The number of nitriles is 1. The molecule has 1 aliphatic heterocycles. The molecule has 0 bridgehead atoms. The van der Waals surface area contributed by atoms with E-state index in [2.05, 4.69) is 31.9 Å². The molecule has 31 heavy (non-hydrogen) atoms. The molecule has 0 unspecified atom stereocenters. The van der Waals surface area contributed by atoms with E-state index in [0.717, 1.165) is 78.0 Å². The van der Waals surface area contributed by atoms with Gasteiger partial charge in [-0.05, 0) is 55.9 Å². The zero-order valence-electron chi connectivity index (χ0n) is 17.1. The smallest absolute Gasteiger partial charge is 0.137 e. The normalized spacial score (nSPS) is 15.1. The molecule has 0 aliphatic carbocycles. The molecular formula is C24H23ClN6. The average molecular weight is 431 g/mol. The molecule has 1 saturated heterocycles. The van der Waals surface area contributed by atoms with Crippen molar-refractivity contribution in [3.63, 3.8) is 0 Å². The van der Waals surface area contributed by atoms with Crippen molar-refractivity contribution in [3.05, 3.63) is 71.1 Å². The van der Waals surface area contributed by atoms with E-state index >= 15 is 0 Å². The van der Waals surface area contributed by atoms with Crippen molar-refractivity contribution < 1.29 is 0 Å². The lowest BCUT2D eigenvalue weighted by molar-refractivity contribution is 0.281. The summed E-state index contributed by atoms with van der Waals surface area (Å²) in [6.07, 6.45) is 3.25. The summed E-state index contributed by atoms with van der Waals surface area (Å²) in [5.74, 6) is 0. The molecule has 0 radical (unpaired) electrons. The van der Waals surface area contributed by atoms with E-state index in [4.69, 9.17) is 21.8 Å². The van der Waals surface area contributed by atoms with Crippen LogP contribution in [-0.4, -0.2) is 45.4 Å². The third-order valence-electron chi connectivity index (χ3n) is 5.76. The highest BCUT2D eigenvalue weighted by atomic mass is 35.5. The molecule has 0 amide bonds. The van der Waals surface area contributed by atoms with Gasteiger partial charge in [0.2, 0.25) is 0 Å². The van der Waals surface area contributed by atoms with Crippen molar-refractivity contribution in [2.45, 2.75) is 13.0 Å².